The van der Waals surface area contributed by atoms with Gasteiger partial charge in [0.15, 0.2) is 0 Å². The molecule has 1 aromatic carbocycles. The monoisotopic (exact) mass is 392 g/mol. The maximum atomic E-state index is 11.6. The Bertz CT molecular complexity index is 838. The first-order valence-corrected chi connectivity index (χ1v) is 11.0. The van der Waals surface area contributed by atoms with Crippen molar-refractivity contribution in [2.75, 3.05) is 26.2 Å². The summed E-state index contributed by atoms with van der Waals surface area (Å²) in [4.78, 5) is 25.7. The Balaban J connectivity index is 1.36. The van der Waals surface area contributed by atoms with Crippen molar-refractivity contribution < 1.29 is 4.79 Å². The highest BCUT2D eigenvalue weighted by Gasteiger charge is 2.26. The molecule has 2 aromatic rings. The van der Waals surface area contributed by atoms with Crippen molar-refractivity contribution in [2.45, 2.75) is 57.9 Å². The van der Waals surface area contributed by atoms with Gasteiger partial charge in [0.1, 0.15) is 5.82 Å². The average Bonchev–Trinajstić information content (AvgIpc) is 2.77. The quantitative estimate of drug-likeness (QED) is 0.777. The number of carbonyl (C=O) groups is 1. The molecule has 5 heteroatoms. The van der Waals surface area contributed by atoms with Crippen LogP contribution < -0.4 is 0 Å². The van der Waals surface area contributed by atoms with Gasteiger partial charge < -0.3 is 9.80 Å². The van der Waals surface area contributed by atoms with E-state index in [0.29, 0.717) is 18.4 Å². The van der Waals surface area contributed by atoms with Crippen LogP contribution in [-0.2, 0) is 17.8 Å². The number of piperidine rings is 1. The maximum Gasteiger partial charge on any atom is 0.219 e. The van der Waals surface area contributed by atoms with Crippen molar-refractivity contribution in [3.05, 3.63) is 59.2 Å². The zero-order valence-corrected chi connectivity index (χ0v) is 17.7. The van der Waals surface area contributed by atoms with E-state index >= 15 is 0 Å². The lowest BCUT2D eigenvalue weighted by molar-refractivity contribution is -0.129. The second-order valence-corrected chi connectivity index (χ2v) is 8.63. The fraction of sp³-hybridized carbons (Fsp3) is 0.542. The number of fused-ring (bicyclic) bond motifs is 1. The zero-order chi connectivity index (χ0) is 20.2. The van der Waals surface area contributed by atoms with E-state index in [2.05, 4.69) is 42.2 Å². The summed E-state index contributed by atoms with van der Waals surface area (Å²) in [6.07, 6.45) is 6.37. The lowest BCUT2D eigenvalue weighted by Gasteiger charge is -2.33. The van der Waals surface area contributed by atoms with E-state index in [9.17, 15) is 4.79 Å². The Morgan fingerprint density at radius 3 is 2.86 bits per heavy atom. The molecular weight excluding hydrogens is 360 g/mol. The first-order valence-electron chi connectivity index (χ1n) is 11.0. The van der Waals surface area contributed by atoms with Crippen LogP contribution in [-0.4, -0.2) is 51.9 Å². The number of hydrogen-bond acceptors (Lipinski definition) is 4. The molecule has 154 valence electrons. The van der Waals surface area contributed by atoms with Crippen LogP contribution in [0.4, 0.5) is 0 Å². The van der Waals surface area contributed by atoms with Gasteiger partial charge in [-0.2, -0.15) is 0 Å². The molecule has 0 unspecified atom stereocenters. The average molecular weight is 393 g/mol. The molecule has 29 heavy (non-hydrogen) atoms. The molecule has 0 N–H and O–H groups in total. The summed E-state index contributed by atoms with van der Waals surface area (Å²) in [7, 11) is 0. The lowest BCUT2D eigenvalue weighted by atomic mass is 9.94. The standard InChI is InChI=1S/C24H32N4O/c1-18(20-7-4-3-5-8-20)10-13-27-12-6-9-21(16-27)24-25-15-22-17-28(19(2)29)14-11-23(22)26-24/h3-5,7-8,15,18,21H,6,9-14,16-17H2,1-2H3/t18-,21+/m0/s1. The fourth-order valence-electron chi connectivity index (χ4n) is 4.59. The van der Waals surface area contributed by atoms with Crippen LogP contribution in [0.3, 0.4) is 0 Å². The van der Waals surface area contributed by atoms with Gasteiger partial charge in [0, 0.05) is 50.7 Å². The van der Waals surface area contributed by atoms with Gasteiger partial charge >= 0.3 is 0 Å². The molecule has 1 fully saturated rings. The van der Waals surface area contributed by atoms with Gasteiger partial charge in [-0.05, 0) is 43.8 Å². The van der Waals surface area contributed by atoms with E-state index in [1.165, 1.54) is 31.4 Å². The van der Waals surface area contributed by atoms with Crippen LogP contribution in [0.2, 0.25) is 0 Å². The molecule has 1 amide bonds. The number of benzene rings is 1. The summed E-state index contributed by atoms with van der Waals surface area (Å²) in [5.74, 6) is 2.14. The van der Waals surface area contributed by atoms with Crippen molar-refractivity contribution in [1.82, 2.24) is 19.8 Å². The van der Waals surface area contributed by atoms with Gasteiger partial charge in [-0.3, -0.25) is 4.79 Å². The lowest BCUT2D eigenvalue weighted by Crippen LogP contribution is -2.37. The molecule has 1 aromatic heterocycles. The minimum Gasteiger partial charge on any atom is -0.338 e. The normalized spacial score (nSPS) is 20.9. The predicted octanol–water partition coefficient (Wildman–Crippen LogP) is 3.75. The number of amides is 1. The number of hydrogen-bond donors (Lipinski definition) is 0. The van der Waals surface area contributed by atoms with Gasteiger partial charge in [-0.1, -0.05) is 37.3 Å². The molecule has 2 aliphatic rings. The van der Waals surface area contributed by atoms with Crippen molar-refractivity contribution in [1.29, 1.82) is 0 Å². The zero-order valence-electron chi connectivity index (χ0n) is 17.7. The van der Waals surface area contributed by atoms with Gasteiger partial charge in [0.05, 0.1) is 5.69 Å². The molecule has 0 spiro atoms. The van der Waals surface area contributed by atoms with Crippen LogP contribution >= 0.6 is 0 Å². The highest BCUT2D eigenvalue weighted by atomic mass is 16.2. The number of rotatable bonds is 5. The van der Waals surface area contributed by atoms with Gasteiger partial charge in [-0.25, -0.2) is 9.97 Å². The number of likely N-dealkylation sites (tertiary alicyclic amines) is 1. The SMILES string of the molecule is CC(=O)N1CCc2nc([C@@H]3CCCN(CC[C@H](C)c4ccccc4)C3)ncc2C1. The van der Waals surface area contributed by atoms with Gasteiger partial charge in [-0.15, -0.1) is 0 Å². The molecule has 2 aliphatic heterocycles. The number of nitrogens with zero attached hydrogens (tertiary/aromatic N) is 4. The third-order valence-corrected chi connectivity index (χ3v) is 6.52. The Kier molecular flexibility index (Phi) is 6.24. The first kappa shape index (κ1) is 20.0. The van der Waals surface area contributed by atoms with Gasteiger partial charge in [0.25, 0.3) is 0 Å². The van der Waals surface area contributed by atoms with E-state index in [4.69, 9.17) is 9.97 Å². The number of aromatic nitrogens is 2. The molecule has 3 heterocycles. The van der Waals surface area contributed by atoms with Crippen molar-refractivity contribution >= 4 is 5.91 Å². The molecule has 4 rings (SSSR count). The van der Waals surface area contributed by atoms with E-state index in [1.54, 1.807) is 6.92 Å². The second kappa shape index (κ2) is 9.04. The van der Waals surface area contributed by atoms with Crippen LogP contribution in [0.25, 0.3) is 0 Å². The summed E-state index contributed by atoms with van der Waals surface area (Å²) < 4.78 is 0. The molecular formula is C24H32N4O. The van der Waals surface area contributed by atoms with Gasteiger partial charge in [0.2, 0.25) is 5.91 Å². The van der Waals surface area contributed by atoms with E-state index in [-0.39, 0.29) is 5.91 Å². The molecule has 5 nitrogen and oxygen atoms in total. The van der Waals surface area contributed by atoms with E-state index in [0.717, 1.165) is 43.1 Å². The summed E-state index contributed by atoms with van der Waals surface area (Å²) >= 11 is 0. The third-order valence-electron chi connectivity index (χ3n) is 6.52. The molecule has 0 aliphatic carbocycles. The molecule has 1 saturated heterocycles. The Morgan fingerprint density at radius 1 is 1.24 bits per heavy atom. The minimum atomic E-state index is 0.132. The molecule has 0 saturated carbocycles. The molecule has 2 atom stereocenters. The first-order chi connectivity index (χ1) is 14.1. The fourth-order valence-corrected chi connectivity index (χ4v) is 4.59. The molecule has 0 bridgehead atoms. The minimum absolute atomic E-state index is 0.132. The van der Waals surface area contributed by atoms with Crippen molar-refractivity contribution in [3.8, 4) is 0 Å². The Hall–Kier alpha value is -2.27. The second-order valence-electron chi connectivity index (χ2n) is 8.63. The summed E-state index contributed by atoms with van der Waals surface area (Å²) in [6.45, 7) is 8.75. The van der Waals surface area contributed by atoms with Crippen molar-refractivity contribution in [2.24, 2.45) is 0 Å². The van der Waals surface area contributed by atoms with Crippen LogP contribution in [0.5, 0.6) is 0 Å². The van der Waals surface area contributed by atoms with Crippen LogP contribution in [0, 0.1) is 0 Å². The molecule has 0 radical (unpaired) electrons. The van der Waals surface area contributed by atoms with Crippen LogP contribution in [0.15, 0.2) is 36.5 Å². The predicted molar refractivity (Wildman–Crippen MR) is 115 cm³/mol. The summed E-state index contributed by atoms with van der Waals surface area (Å²) in [6, 6.07) is 10.8. The Labute approximate surface area is 174 Å². The van der Waals surface area contributed by atoms with Crippen LogP contribution in [0.1, 0.15) is 67.6 Å². The van der Waals surface area contributed by atoms with Crippen molar-refractivity contribution in [3.63, 3.8) is 0 Å². The highest BCUT2D eigenvalue weighted by molar-refractivity contribution is 5.73. The topological polar surface area (TPSA) is 49.3 Å². The Morgan fingerprint density at radius 2 is 2.07 bits per heavy atom. The summed E-state index contributed by atoms with van der Waals surface area (Å²) in [5, 5.41) is 0. The maximum absolute atomic E-state index is 11.6. The number of carbonyl (C=O) groups excluding carboxylic acids is 1. The third kappa shape index (κ3) is 4.84. The largest absolute Gasteiger partial charge is 0.338 e. The highest BCUT2D eigenvalue weighted by Crippen LogP contribution is 2.27. The van der Waals surface area contributed by atoms with E-state index in [1.807, 2.05) is 11.1 Å². The van der Waals surface area contributed by atoms with E-state index < -0.39 is 0 Å². The smallest absolute Gasteiger partial charge is 0.219 e. The summed E-state index contributed by atoms with van der Waals surface area (Å²) in [5.41, 5.74) is 3.68.